The third kappa shape index (κ3) is 5.91. The van der Waals surface area contributed by atoms with Crippen molar-refractivity contribution in [1.82, 2.24) is 4.90 Å². The lowest BCUT2D eigenvalue weighted by molar-refractivity contribution is -0.117. The molecule has 1 atom stereocenters. The lowest BCUT2D eigenvalue weighted by Crippen LogP contribution is -2.35. The zero-order chi connectivity index (χ0) is 16.9. The summed E-state index contributed by atoms with van der Waals surface area (Å²) < 4.78 is 37.1. The third-order valence-electron chi connectivity index (χ3n) is 4.21. The second-order valence-corrected chi connectivity index (χ2v) is 8.34. The number of carbonyl (C=O) groups excluding carboxylic acids is 1. The van der Waals surface area contributed by atoms with E-state index in [0.29, 0.717) is 6.54 Å². The maximum absolute atomic E-state index is 13.3. The number of rotatable bonds is 8. The van der Waals surface area contributed by atoms with Crippen molar-refractivity contribution < 1.29 is 17.6 Å². The second kappa shape index (κ2) is 7.88. The first kappa shape index (κ1) is 17.9. The third-order valence-corrected chi connectivity index (χ3v) is 5.84. The van der Waals surface area contributed by atoms with E-state index in [0.717, 1.165) is 31.4 Å². The van der Waals surface area contributed by atoms with Crippen LogP contribution in [0, 0.1) is 5.82 Å². The highest BCUT2D eigenvalue weighted by molar-refractivity contribution is 7.91. The highest BCUT2D eigenvalue weighted by atomic mass is 32.2. The lowest BCUT2D eigenvalue weighted by atomic mass is 10.0. The molecule has 128 valence electrons. The number of carbonyl (C=O) groups is 1. The van der Waals surface area contributed by atoms with Gasteiger partial charge in [-0.1, -0.05) is 12.1 Å². The molecule has 2 N–H and O–H groups in total. The van der Waals surface area contributed by atoms with Crippen LogP contribution in [0.15, 0.2) is 24.3 Å². The maximum Gasteiger partial charge on any atom is 0.218 e. The van der Waals surface area contributed by atoms with Crippen LogP contribution in [0.25, 0.3) is 0 Å². The van der Waals surface area contributed by atoms with Crippen molar-refractivity contribution >= 4 is 15.7 Å². The van der Waals surface area contributed by atoms with Crippen molar-refractivity contribution in [3.8, 4) is 0 Å². The van der Waals surface area contributed by atoms with Gasteiger partial charge in [-0.25, -0.2) is 12.8 Å². The Morgan fingerprint density at radius 3 is 2.83 bits per heavy atom. The van der Waals surface area contributed by atoms with E-state index in [1.807, 2.05) is 6.07 Å². The van der Waals surface area contributed by atoms with Crippen LogP contribution < -0.4 is 5.73 Å². The topological polar surface area (TPSA) is 80.5 Å². The minimum atomic E-state index is -3.27. The van der Waals surface area contributed by atoms with Crippen molar-refractivity contribution in [2.45, 2.75) is 31.7 Å². The second-order valence-electron chi connectivity index (χ2n) is 6.03. The van der Waals surface area contributed by atoms with Crippen LogP contribution in [0.2, 0.25) is 0 Å². The Bertz CT molecular complexity index is 648. The largest absolute Gasteiger partial charge is 0.370 e. The summed E-state index contributed by atoms with van der Waals surface area (Å²) in [7, 11) is -3.27. The molecule has 1 saturated heterocycles. The number of hydrogen-bond donors (Lipinski definition) is 1. The van der Waals surface area contributed by atoms with Crippen LogP contribution in [0.3, 0.4) is 0 Å². The molecule has 0 aliphatic carbocycles. The van der Waals surface area contributed by atoms with Crippen LogP contribution in [-0.4, -0.2) is 49.9 Å². The maximum atomic E-state index is 13.3. The Balaban J connectivity index is 1.88. The van der Waals surface area contributed by atoms with Gasteiger partial charge in [0, 0.05) is 19.0 Å². The van der Waals surface area contributed by atoms with E-state index >= 15 is 0 Å². The van der Waals surface area contributed by atoms with Gasteiger partial charge in [-0.15, -0.1) is 0 Å². The molecule has 1 aliphatic heterocycles. The van der Waals surface area contributed by atoms with E-state index in [-0.39, 0.29) is 29.8 Å². The molecular weight excluding hydrogens is 319 g/mol. The average Bonchev–Trinajstić information content (AvgIpc) is 2.91. The van der Waals surface area contributed by atoms with E-state index in [4.69, 9.17) is 5.73 Å². The zero-order valence-corrected chi connectivity index (χ0v) is 13.9. The fraction of sp³-hybridized carbons (Fsp3) is 0.562. The molecule has 1 aromatic rings. The molecule has 0 aromatic heterocycles. The standard InChI is InChI=1S/C16H23FN2O3S/c17-14-4-1-3-13(11-14)12-15-5-2-7-19(15)8-10-23(21,22)9-6-16(18)20/h1,3-4,11,15H,2,5-10,12H2,(H2,18,20). The Morgan fingerprint density at radius 2 is 2.13 bits per heavy atom. The van der Waals surface area contributed by atoms with Crippen molar-refractivity contribution in [3.63, 3.8) is 0 Å². The number of benzene rings is 1. The minimum absolute atomic E-state index is 0.0277. The average molecular weight is 342 g/mol. The van der Waals surface area contributed by atoms with Crippen molar-refractivity contribution in [3.05, 3.63) is 35.6 Å². The van der Waals surface area contributed by atoms with Crippen LogP contribution in [0.5, 0.6) is 0 Å². The van der Waals surface area contributed by atoms with Crippen molar-refractivity contribution in [1.29, 1.82) is 0 Å². The first-order valence-corrected chi connectivity index (χ1v) is 9.65. The quantitative estimate of drug-likeness (QED) is 0.768. The van der Waals surface area contributed by atoms with Gasteiger partial charge in [0.1, 0.15) is 5.82 Å². The van der Waals surface area contributed by atoms with Crippen LogP contribution >= 0.6 is 0 Å². The fourth-order valence-electron chi connectivity index (χ4n) is 2.97. The molecule has 1 heterocycles. The van der Waals surface area contributed by atoms with Gasteiger partial charge < -0.3 is 5.73 Å². The van der Waals surface area contributed by atoms with Gasteiger partial charge in [0.25, 0.3) is 0 Å². The molecule has 2 rings (SSSR count). The number of likely N-dealkylation sites (tertiary alicyclic amines) is 1. The molecule has 7 heteroatoms. The van der Waals surface area contributed by atoms with Gasteiger partial charge in [0.05, 0.1) is 11.5 Å². The molecular formula is C16H23FN2O3S. The number of amides is 1. The molecule has 0 saturated carbocycles. The van der Waals surface area contributed by atoms with E-state index < -0.39 is 15.7 Å². The molecule has 0 bridgehead atoms. The van der Waals surface area contributed by atoms with Gasteiger partial charge in [0.15, 0.2) is 9.84 Å². The van der Waals surface area contributed by atoms with E-state index in [1.54, 1.807) is 6.07 Å². The monoisotopic (exact) mass is 342 g/mol. The van der Waals surface area contributed by atoms with Gasteiger partial charge in [-0.3, -0.25) is 9.69 Å². The van der Waals surface area contributed by atoms with Gasteiger partial charge >= 0.3 is 0 Å². The zero-order valence-electron chi connectivity index (χ0n) is 13.1. The summed E-state index contributed by atoms with van der Waals surface area (Å²) in [6, 6.07) is 6.77. The summed E-state index contributed by atoms with van der Waals surface area (Å²) >= 11 is 0. The number of sulfone groups is 1. The summed E-state index contributed by atoms with van der Waals surface area (Å²) in [6.07, 6.45) is 2.59. The summed E-state index contributed by atoms with van der Waals surface area (Å²) in [6.45, 7) is 1.30. The molecule has 0 radical (unpaired) electrons. The molecule has 1 amide bonds. The van der Waals surface area contributed by atoms with Crippen LogP contribution in [0.4, 0.5) is 4.39 Å². The number of nitrogens with zero attached hydrogens (tertiary/aromatic N) is 1. The van der Waals surface area contributed by atoms with Gasteiger partial charge in [-0.05, 0) is 43.5 Å². The summed E-state index contributed by atoms with van der Waals surface area (Å²) in [5.41, 5.74) is 5.92. The number of hydrogen-bond acceptors (Lipinski definition) is 4. The summed E-state index contributed by atoms with van der Waals surface area (Å²) in [4.78, 5) is 12.9. The number of halogens is 1. The van der Waals surface area contributed by atoms with E-state index in [2.05, 4.69) is 4.90 Å². The number of nitrogens with two attached hydrogens (primary N) is 1. The summed E-state index contributed by atoms with van der Waals surface area (Å²) in [5, 5.41) is 0. The van der Waals surface area contributed by atoms with E-state index in [9.17, 15) is 17.6 Å². The SMILES string of the molecule is NC(=O)CCS(=O)(=O)CCN1CCCC1Cc1cccc(F)c1. The van der Waals surface area contributed by atoms with Gasteiger partial charge in [-0.2, -0.15) is 0 Å². The molecule has 23 heavy (non-hydrogen) atoms. The predicted molar refractivity (Wildman–Crippen MR) is 87.2 cm³/mol. The Morgan fingerprint density at radius 1 is 1.35 bits per heavy atom. The number of primary amides is 1. The Kier molecular flexibility index (Phi) is 6.12. The first-order chi connectivity index (χ1) is 10.9. The molecule has 1 fully saturated rings. The van der Waals surface area contributed by atoms with Crippen LogP contribution in [-0.2, 0) is 21.1 Å². The highest BCUT2D eigenvalue weighted by Crippen LogP contribution is 2.21. The molecule has 1 aromatic carbocycles. The smallest absolute Gasteiger partial charge is 0.218 e. The van der Waals surface area contributed by atoms with Crippen molar-refractivity contribution in [2.24, 2.45) is 5.73 Å². The molecule has 0 spiro atoms. The minimum Gasteiger partial charge on any atom is -0.370 e. The first-order valence-electron chi connectivity index (χ1n) is 7.83. The van der Waals surface area contributed by atoms with Crippen molar-refractivity contribution in [2.75, 3.05) is 24.6 Å². The Hall–Kier alpha value is -1.47. The Labute approximate surface area is 136 Å². The molecule has 1 unspecified atom stereocenters. The summed E-state index contributed by atoms with van der Waals surface area (Å²) in [5.74, 6) is -1.01. The fourth-order valence-corrected chi connectivity index (χ4v) is 4.20. The van der Waals surface area contributed by atoms with Gasteiger partial charge in [0.2, 0.25) is 5.91 Å². The molecule has 5 nitrogen and oxygen atoms in total. The van der Waals surface area contributed by atoms with Crippen LogP contribution in [0.1, 0.15) is 24.8 Å². The van der Waals surface area contributed by atoms with E-state index in [1.165, 1.54) is 12.1 Å². The predicted octanol–water partition coefficient (Wildman–Crippen LogP) is 1.12. The highest BCUT2D eigenvalue weighted by Gasteiger charge is 2.26. The molecule has 1 aliphatic rings. The normalized spacial score (nSPS) is 19.1. The lowest BCUT2D eigenvalue weighted by Gasteiger charge is -2.24.